The molecule has 0 bridgehead atoms. The second kappa shape index (κ2) is 13.7. The van der Waals surface area contributed by atoms with Crippen molar-refractivity contribution in [2.45, 2.75) is 27.3 Å². The molecular weight excluding hydrogens is 495 g/mol. The number of anilines is 1. The highest BCUT2D eigenvalue weighted by molar-refractivity contribution is 14.0. The van der Waals surface area contributed by atoms with Gasteiger partial charge in [-0.2, -0.15) is 0 Å². The van der Waals surface area contributed by atoms with E-state index in [1.54, 1.807) is 13.2 Å². The quantitative estimate of drug-likeness (QED) is 0.261. The maximum atomic E-state index is 12.0. The third kappa shape index (κ3) is 7.74. The number of carbonyl (C=O) groups is 1. The highest BCUT2D eigenvalue weighted by atomic mass is 127. The molecule has 30 heavy (non-hydrogen) atoms. The first-order chi connectivity index (χ1) is 14.1. The van der Waals surface area contributed by atoms with Gasteiger partial charge < -0.3 is 25.4 Å². The van der Waals surface area contributed by atoms with Crippen LogP contribution in [0.1, 0.15) is 36.7 Å². The first-order valence-electron chi connectivity index (χ1n) is 9.84. The number of methoxy groups -OCH3 is 1. The maximum absolute atomic E-state index is 12.0. The molecule has 0 aliphatic rings. The molecule has 0 saturated heterocycles. The molecule has 0 aliphatic carbocycles. The highest BCUT2D eigenvalue weighted by Crippen LogP contribution is 2.30. The van der Waals surface area contributed by atoms with E-state index in [-0.39, 0.29) is 29.9 Å². The van der Waals surface area contributed by atoms with E-state index in [1.165, 1.54) is 0 Å². The summed E-state index contributed by atoms with van der Waals surface area (Å²) in [5, 5.41) is 9.32. The van der Waals surface area contributed by atoms with Gasteiger partial charge in [-0.3, -0.25) is 4.79 Å². The number of guanidine groups is 1. The molecule has 0 radical (unpaired) electrons. The summed E-state index contributed by atoms with van der Waals surface area (Å²) in [5.74, 6) is 1.92. The van der Waals surface area contributed by atoms with Crippen LogP contribution in [0.2, 0.25) is 0 Å². The number of nitrogens with zero attached hydrogens (tertiary/aromatic N) is 1. The molecule has 0 aromatic heterocycles. The summed E-state index contributed by atoms with van der Waals surface area (Å²) in [5.41, 5.74) is 2.43. The zero-order valence-corrected chi connectivity index (χ0v) is 20.3. The third-order valence-electron chi connectivity index (χ3n) is 4.02. The first kappa shape index (κ1) is 25.5. The van der Waals surface area contributed by atoms with Crippen LogP contribution in [0.15, 0.2) is 47.5 Å². The van der Waals surface area contributed by atoms with Crippen LogP contribution in [0.4, 0.5) is 5.69 Å². The van der Waals surface area contributed by atoms with E-state index in [9.17, 15) is 4.79 Å². The molecule has 0 atom stereocenters. The molecule has 2 rings (SSSR count). The maximum Gasteiger partial charge on any atom is 0.251 e. The van der Waals surface area contributed by atoms with Crippen molar-refractivity contribution >= 4 is 41.5 Å². The number of carbonyl (C=O) groups excluding carboxylic acids is 1. The minimum atomic E-state index is -0.0787. The zero-order chi connectivity index (χ0) is 21.1. The van der Waals surface area contributed by atoms with Crippen LogP contribution in [0.3, 0.4) is 0 Å². The molecule has 3 N–H and O–H groups in total. The second-order valence-electron chi connectivity index (χ2n) is 6.18. The number of rotatable bonds is 9. The fourth-order valence-corrected chi connectivity index (χ4v) is 2.71. The van der Waals surface area contributed by atoms with E-state index >= 15 is 0 Å². The molecule has 0 aliphatic heterocycles. The van der Waals surface area contributed by atoms with Crippen molar-refractivity contribution in [2.75, 3.05) is 32.1 Å². The fraction of sp³-hybridized carbons (Fsp3) is 0.364. The van der Waals surface area contributed by atoms with Crippen LogP contribution in [0.25, 0.3) is 0 Å². The summed E-state index contributed by atoms with van der Waals surface area (Å²) in [6, 6.07) is 13.1. The molecule has 2 aromatic carbocycles. The summed E-state index contributed by atoms with van der Waals surface area (Å²) in [7, 11) is 1.62. The van der Waals surface area contributed by atoms with Crippen LogP contribution >= 0.6 is 24.0 Å². The molecule has 0 heterocycles. The van der Waals surface area contributed by atoms with Gasteiger partial charge in [-0.25, -0.2) is 4.99 Å². The number of ether oxygens (including phenoxy) is 2. The number of benzene rings is 2. The van der Waals surface area contributed by atoms with Crippen molar-refractivity contribution < 1.29 is 14.3 Å². The van der Waals surface area contributed by atoms with Gasteiger partial charge in [0.15, 0.2) is 17.5 Å². The Morgan fingerprint density at radius 1 is 1.00 bits per heavy atom. The van der Waals surface area contributed by atoms with Crippen molar-refractivity contribution in [3.63, 3.8) is 0 Å². The Kier molecular flexibility index (Phi) is 11.7. The molecule has 0 fully saturated rings. The SMILES string of the molecule is CCNC(=O)c1cccc(CN=C(NCC)Nc2ccc(OC)c(OCC)c2)c1.I. The smallest absolute Gasteiger partial charge is 0.251 e. The van der Waals surface area contributed by atoms with Gasteiger partial charge in [0.2, 0.25) is 0 Å². The minimum Gasteiger partial charge on any atom is -0.493 e. The van der Waals surface area contributed by atoms with E-state index in [0.717, 1.165) is 17.8 Å². The molecule has 8 heteroatoms. The molecule has 0 saturated carbocycles. The number of amides is 1. The van der Waals surface area contributed by atoms with Crippen molar-refractivity contribution in [2.24, 2.45) is 4.99 Å². The van der Waals surface area contributed by atoms with Crippen LogP contribution < -0.4 is 25.4 Å². The number of aliphatic imine (C=N–C) groups is 1. The van der Waals surface area contributed by atoms with E-state index in [1.807, 2.05) is 57.2 Å². The lowest BCUT2D eigenvalue weighted by molar-refractivity contribution is 0.0955. The van der Waals surface area contributed by atoms with Crippen LogP contribution in [-0.2, 0) is 6.54 Å². The Morgan fingerprint density at radius 2 is 1.77 bits per heavy atom. The number of nitrogens with one attached hydrogen (secondary N) is 3. The molecular formula is C22H31IN4O3. The van der Waals surface area contributed by atoms with E-state index in [2.05, 4.69) is 20.9 Å². The van der Waals surface area contributed by atoms with E-state index < -0.39 is 0 Å². The van der Waals surface area contributed by atoms with Gasteiger partial charge in [-0.1, -0.05) is 12.1 Å². The van der Waals surface area contributed by atoms with Crippen LogP contribution in [0.5, 0.6) is 11.5 Å². The van der Waals surface area contributed by atoms with Gasteiger partial charge in [0.05, 0.1) is 20.3 Å². The molecule has 164 valence electrons. The normalized spacial score (nSPS) is 10.6. The zero-order valence-electron chi connectivity index (χ0n) is 18.0. The monoisotopic (exact) mass is 526 g/mol. The lowest BCUT2D eigenvalue weighted by Gasteiger charge is -2.14. The number of hydrogen-bond acceptors (Lipinski definition) is 4. The van der Waals surface area contributed by atoms with Crippen LogP contribution in [0, 0.1) is 0 Å². The van der Waals surface area contributed by atoms with Gasteiger partial charge in [0.1, 0.15) is 0 Å². The molecule has 0 spiro atoms. The van der Waals surface area contributed by atoms with Gasteiger partial charge >= 0.3 is 0 Å². The lowest BCUT2D eigenvalue weighted by Crippen LogP contribution is -2.30. The Hall–Kier alpha value is -2.49. The Balaban J connectivity index is 0.00000450. The standard InChI is InChI=1S/C22H30N4O3.HI/c1-5-23-21(27)17-10-8-9-16(13-17)15-25-22(24-6-2)26-18-11-12-19(28-4)20(14-18)29-7-3;/h8-14H,5-7,15H2,1-4H3,(H,23,27)(H2,24,25,26);1H. The van der Waals surface area contributed by atoms with Crippen LogP contribution in [-0.4, -0.2) is 38.7 Å². The molecule has 2 aromatic rings. The topological polar surface area (TPSA) is 84.0 Å². The Bertz CT molecular complexity index is 843. The summed E-state index contributed by atoms with van der Waals surface area (Å²) in [6.45, 7) is 8.15. The largest absolute Gasteiger partial charge is 0.493 e. The molecule has 0 unspecified atom stereocenters. The number of halogens is 1. The average Bonchev–Trinajstić information content (AvgIpc) is 2.73. The predicted octanol–water partition coefficient (Wildman–Crippen LogP) is 4.04. The lowest BCUT2D eigenvalue weighted by atomic mass is 10.1. The van der Waals surface area contributed by atoms with Crippen molar-refractivity contribution in [1.29, 1.82) is 0 Å². The molecule has 7 nitrogen and oxygen atoms in total. The van der Waals surface area contributed by atoms with E-state index in [0.29, 0.717) is 42.7 Å². The molecule has 1 amide bonds. The Morgan fingerprint density at radius 3 is 2.43 bits per heavy atom. The summed E-state index contributed by atoms with van der Waals surface area (Å²) >= 11 is 0. The Labute approximate surface area is 195 Å². The van der Waals surface area contributed by atoms with E-state index in [4.69, 9.17) is 9.47 Å². The summed E-state index contributed by atoms with van der Waals surface area (Å²) < 4.78 is 11.0. The minimum absolute atomic E-state index is 0. The number of hydrogen-bond donors (Lipinski definition) is 3. The first-order valence-corrected chi connectivity index (χ1v) is 9.84. The summed E-state index contributed by atoms with van der Waals surface area (Å²) in [6.07, 6.45) is 0. The van der Waals surface area contributed by atoms with Crippen molar-refractivity contribution in [3.05, 3.63) is 53.6 Å². The second-order valence-corrected chi connectivity index (χ2v) is 6.18. The van der Waals surface area contributed by atoms with Gasteiger partial charge in [-0.05, 0) is 50.6 Å². The van der Waals surface area contributed by atoms with Crippen molar-refractivity contribution in [1.82, 2.24) is 10.6 Å². The fourth-order valence-electron chi connectivity index (χ4n) is 2.71. The third-order valence-corrected chi connectivity index (χ3v) is 4.02. The summed E-state index contributed by atoms with van der Waals surface area (Å²) in [4.78, 5) is 16.7. The van der Waals surface area contributed by atoms with Crippen molar-refractivity contribution in [3.8, 4) is 11.5 Å². The van der Waals surface area contributed by atoms with Gasteiger partial charge in [0.25, 0.3) is 5.91 Å². The highest BCUT2D eigenvalue weighted by Gasteiger charge is 2.08. The van der Waals surface area contributed by atoms with Gasteiger partial charge in [0, 0.05) is 30.4 Å². The average molecular weight is 526 g/mol. The van der Waals surface area contributed by atoms with Gasteiger partial charge in [-0.15, -0.1) is 24.0 Å². The predicted molar refractivity (Wildman–Crippen MR) is 132 cm³/mol.